The molecule has 4 heteroatoms. The van der Waals surface area contributed by atoms with E-state index in [4.69, 9.17) is 5.11 Å². The van der Waals surface area contributed by atoms with Crippen LogP contribution < -0.4 is 5.32 Å². The van der Waals surface area contributed by atoms with E-state index < -0.39 is 5.97 Å². The summed E-state index contributed by atoms with van der Waals surface area (Å²) in [6, 6.07) is 5.94. The van der Waals surface area contributed by atoms with Crippen LogP contribution in [0.2, 0.25) is 0 Å². The van der Waals surface area contributed by atoms with Crippen LogP contribution >= 0.6 is 0 Å². The molecule has 0 amide bonds. The van der Waals surface area contributed by atoms with Crippen molar-refractivity contribution in [2.24, 2.45) is 5.92 Å². The van der Waals surface area contributed by atoms with Crippen molar-refractivity contribution in [3.8, 4) is 0 Å². The number of rotatable bonds is 9. The molecule has 0 saturated carbocycles. The van der Waals surface area contributed by atoms with Gasteiger partial charge in [0.15, 0.2) is 0 Å². The molecule has 4 nitrogen and oxygen atoms in total. The van der Waals surface area contributed by atoms with Crippen molar-refractivity contribution in [1.82, 2.24) is 10.3 Å². The quantitative estimate of drug-likeness (QED) is 0.659. The molecule has 1 unspecified atom stereocenters. The molecule has 0 aliphatic heterocycles. The zero-order chi connectivity index (χ0) is 13.2. The molecular weight excluding hydrogens is 228 g/mol. The first-order valence-electron chi connectivity index (χ1n) is 6.51. The van der Waals surface area contributed by atoms with Gasteiger partial charge in [0.2, 0.25) is 0 Å². The molecule has 2 N–H and O–H groups in total. The fourth-order valence-corrected chi connectivity index (χ4v) is 1.75. The second kappa shape index (κ2) is 8.64. The first-order chi connectivity index (χ1) is 8.68. The van der Waals surface area contributed by atoms with Crippen molar-refractivity contribution >= 4 is 5.97 Å². The molecule has 0 aliphatic carbocycles. The minimum atomic E-state index is -0.704. The van der Waals surface area contributed by atoms with Gasteiger partial charge in [0, 0.05) is 31.3 Å². The molecule has 1 heterocycles. The van der Waals surface area contributed by atoms with Gasteiger partial charge in [0.1, 0.15) is 0 Å². The Bertz CT molecular complexity index is 341. The fraction of sp³-hybridized carbons (Fsp3) is 0.571. The first kappa shape index (κ1) is 14.6. The number of aromatic nitrogens is 1. The summed E-state index contributed by atoms with van der Waals surface area (Å²) >= 11 is 0. The van der Waals surface area contributed by atoms with Crippen molar-refractivity contribution in [2.45, 2.75) is 32.6 Å². The van der Waals surface area contributed by atoms with Gasteiger partial charge in [-0.2, -0.15) is 0 Å². The highest BCUT2D eigenvalue weighted by atomic mass is 16.4. The van der Waals surface area contributed by atoms with E-state index in [9.17, 15) is 4.79 Å². The van der Waals surface area contributed by atoms with Crippen molar-refractivity contribution in [3.05, 3.63) is 30.1 Å². The predicted molar refractivity (Wildman–Crippen MR) is 71.5 cm³/mol. The van der Waals surface area contributed by atoms with Gasteiger partial charge in [-0.05, 0) is 37.4 Å². The van der Waals surface area contributed by atoms with Gasteiger partial charge in [-0.25, -0.2) is 0 Å². The van der Waals surface area contributed by atoms with Crippen molar-refractivity contribution in [3.63, 3.8) is 0 Å². The molecular formula is C14H22N2O2. The number of hydrogen-bond donors (Lipinski definition) is 2. The number of hydrogen-bond acceptors (Lipinski definition) is 3. The molecule has 0 saturated heterocycles. The summed E-state index contributed by atoms with van der Waals surface area (Å²) in [4.78, 5) is 14.7. The van der Waals surface area contributed by atoms with Gasteiger partial charge in [-0.1, -0.05) is 13.0 Å². The van der Waals surface area contributed by atoms with Crippen LogP contribution in [0.25, 0.3) is 0 Å². The molecule has 0 bridgehead atoms. The van der Waals surface area contributed by atoms with E-state index in [-0.39, 0.29) is 6.42 Å². The Balaban J connectivity index is 2.00. The zero-order valence-electron chi connectivity index (χ0n) is 10.9. The highest BCUT2D eigenvalue weighted by molar-refractivity contribution is 5.66. The maximum Gasteiger partial charge on any atom is 0.303 e. The number of carboxylic acid groups (broad SMARTS) is 1. The first-order valence-corrected chi connectivity index (χ1v) is 6.51. The molecule has 0 spiro atoms. The van der Waals surface area contributed by atoms with E-state index in [0.717, 1.165) is 38.0 Å². The summed E-state index contributed by atoms with van der Waals surface area (Å²) in [5, 5.41) is 11.9. The predicted octanol–water partition coefficient (Wildman–Crippen LogP) is 2.10. The summed E-state index contributed by atoms with van der Waals surface area (Å²) in [6.07, 6.45) is 4.80. The maximum absolute atomic E-state index is 10.4. The lowest BCUT2D eigenvalue weighted by atomic mass is 10.0. The number of aliphatic carboxylic acids is 1. The highest BCUT2D eigenvalue weighted by Crippen LogP contribution is 2.08. The monoisotopic (exact) mass is 250 g/mol. The second-order valence-electron chi connectivity index (χ2n) is 4.65. The Labute approximate surface area is 108 Å². The Morgan fingerprint density at radius 2 is 2.22 bits per heavy atom. The van der Waals surface area contributed by atoms with Crippen molar-refractivity contribution < 1.29 is 9.90 Å². The highest BCUT2D eigenvalue weighted by Gasteiger charge is 2.04. The SMILES string of the molecule is CC(CCNCCc1ccccn1)CCC(=O)O. The van der Waals surface area contributed by atoms with E-state index in [0.29, 0.717) is 5.92 Å². The topological polar surface area (TPSA) is 62.2 Å². The van der Waals surface area contributed by atoms with Gasteiger partial charge in [0.25, 0.3) is 0 Å². The largest absolute Gasteiger partial charge is 0.481 e. The summed E-state index contributed by atoms with van der Waals surface area (Å²) in [5.41, 5.74) is 1.10. The summed E-state index contributed by atoms with van der Waals surface area (Å²) in [7, 11) is 0. The minimum Gasteiger partial charge on any atom is -0.481 e. The van der Waals surface area contributed by atoms with Gasteiger partial charge >= 0.3 is 5.97 Å². The smallest absolute Gasteiger partial charge is 0.303 e. The summed E-state index contributed by atoms with van der Waals surface area (Å²) in [6.45, 7) is 3.96. The molecule has 100 valence electrons. The van der Waals surface area contributed by atoms with Crippen molar-refractivity contribution in [2.75, 3.05) is 13.1 Å². The Morgan fingerprint density at radius 3 is 2.89 bits per heavy atom. The number of pyridine rings is 1. The van der Waals surface area contributed by atoms with Crippen LogP contribution in [0.4, 0.5) is 0 Å². The zero-order valence-corrected chi connectivity index (χ0v) is 10.9. The van der Waals surface area contributed by atoms with Gasteiger partial charge in [0.05, 0.1) is 0 Å². The van der Waals surface area contributed by atoms with Crippen LogP contribution in [-0.2, 0) is 11.2 Å². The van der Waals surface area contributed by atoms with Gasteiger partial charge < -0.3 is 10.4 Å². The maximum atomic E-state index is 10.4. The molecule has 0 radical (unpaired) electrons. The van der Waals surface area contributed by atoms with E-state index in [2.05, 4.69) is 17.2 Å². The standard InChI is InChI=1S/C14H22N2O2/c1-12(5-6-14(17)18)7-10-15-11-8-13-4-2-3-9-16-13/h2-4,9,12,15H,5-8,10-11H2,1H3,(H,17,18). The lowest BCUT2D eigenvalue weighted by Crippen LogP contribution is -2.20. The molecule has 1 aromatic heterocycles. The van der Waals surface area contributed by atoms with Crippen LogP contribution in [0, 0.1) is 5.92 Å². The molecule has 18 heavy (non-hydrogen) atoms. The van der Waals surface area contributed by atoms with Gasteiger partial charge in [-0.15, -0.1) is 0 Å². The molecule has 0 fully saturated rings. The van der Waals surface area contributed by atoms with Gasteiger partial charge in [-0.3, -0.25) is 9.78 Å². The lowest BCUT2D eigenvalue weighted by Gasteiger charge is -2.10. The number of nitrogens with zero attached hydrogens (tertiary/aromatic N) is 1. The Hall–Kier alpha value is -1.42. The normalized spacial score (nSPS) is 12.3. The van der Waals surface area contributed by atoms with Crippen LogP contribution in [-0.4, -0.2) is 29.1 Å². The lowest BCUT2D eigenvalue weighted by molar-refractivity contribution is -0.137. The van der Waals surface area contributed by atoms with Crippen LogP contribution in [0.3, 0.4) is 0 Å². The summed E-state index contributed by atoms with van der Waals surface area (Å²) in [5.74, 6) is -0.242. The average Bonchev–Trinajstić information content (AvgIpc) is 2.37. The third kappa shape index (κ3) is 7.01. The van der Waals surface area contributed by atoms with Crippen LogP contribution in [0.1, 0.15) is 31.9 Å². The Kier molecular flexibility index (Phi) is 7.03. The second-order valence-corrected chi connectivity index (χ2v) is 4.65. The third-order valence-electron chi connectivity index (χ3n) is 2.95. The molecule has 1 rings (SSSR count). The number of nitrogens with one attached hydrogen (secondary N) is 1. The fourth-order valence-electron chi connectivity index (χ4n) is 1.75. The average molecular weight is 250 g/mol. The van der Waals surface area contributed by atoms with Crippen LogP contribution in [0.5, 0.6) is 0 Å². The minimum absolute atomic E-state index is 0.273. The third-order valence-corrected chi connectivity index (χ3v) is 2.95. The number of carboxylic acids is 1. The van der Waals surface area contributed by atoms with Crippen LogP contribution in [0.15, 0.2) is 24.4 Å². The molecule has 0 aliphatic rings. The van der Waals surface area contributed by atoms with E-state index in [1.807, 2.05) is 24.4 Å². The summed E-state index contributed by atoms with van der Waals surface area (Å²) < 4.78 is 0. The Morgan fingerprint density at radius 1 is 1.39 bits per heavy atom. The van der Waals surface area contributed by atoms with E-state index in [1.54, 1.807) is 0 Å². The van der Waals surface area contributed by atoms with E-state index >= 15 is 0 Å². The van der Waals surface area contributed by atoms with E-state index in [1.165, 1.54) is 0 Å². The van der Waals surface area contributed by atoms with Crippen molar-refractivity contribution in [1.29, 1.82) is 0 Å². The number of carbonyl (C=O) groups is 1. The molecule has 1 aromatic rings. The molecule has 0 aromatic carbocycles. The molecule has 1 atom stereocenters.